The number of nitrogens with zero attached hydrogens (tertiary/aromatic N) is 6. The summed E-state index contributed by atoms with van der Waals surface area (Å²) in [6.45, 7) is 1.19. The third-order valence-corrected chi connectivity index (χ3v) is 15.0. The van der Waals surface area contributed by atoms with Gasteiger partial charge in [0.2, 0.25) is 11.8 Å². The molecule has 2 aliphatic heterocycles. The van der Waals surface area contributed by atoms with Gasteiger partial charge in [0.25, 0.3) is 5.91 Å². The topological polar surface area (TPSA) is 138 Å². The third kappa shape index (κ3) is 9.53. The van der Waals surface area contributed by atoms with Gasteiger partial charge < -0.3 is 15.1 Å². The summed E-state index contributed by atoms with van der Waals surface area (Å²) < 4.78 is 0. The number of aromatic nitrogens is 4. The first-order valence-electron chi connectivity index (χ1n) is 22.9. The van der Waals surface area contributed by atoms with E-state index in [9.17, 15) is 19.2 Å². The van der Waals surface area contributed by atoms with E-state index in [1.165, 1.54) is 0 Å². The van der Waals surface area contributed by atoms with Gasteiger partial charge in [0.05, 0.1) is 27.8 Å². The Morgan fingerprint density at radius 1 is 0.529 bits per heavy atom. The Morgan fingerprint density at radius 3 is 1.51 bits per heavy atom. The van der Waals surface area contributed by atoms with Crippen LogP contribution in [0.2, 0.25) is 0 Å². The summed E-state index contributed by atoms with van der Waals surface area (Å²) in [4.78, 5) is 79.2. The number of thiazole rings is 2. The largest absolute Gasteiger partial charge is 0.335 e. The zero-order valence-corrected chi connectivity index (χ0v) is 38.7. The zero-order valence-electron chi connectivity index (χ0n) is 37.1. The molecule has 3 amide bonds. The number of benzene rings is 4. The molecule has 2 aliphatic rings. The van der Waals surface area contributed by atoms with E-state index in [-0.39, 0.29) is 41.8 Å². The van der Waals surface area contributed by atoms with Crippen LogP contribution < -0.4 is 5.32 Å². The third-order valence-electron chi connectivity index (χ3n) is 12.8. The summed E-state index contributed by atoms with van der Waals surface area (Å²) >= 11 is 3.20. The number of carbonyl (C=O) groups is 4. The Bertz CT molecular complexity index is 2810. The SMILES string of the molecule is O=C(C[C@H](C(=O)N1CCC[C@H]1c1ncc(-c2ccc(-c3ccc(-c4cnc([C@@H]5CCCN5C(=O)[C@H](NC(=O)c5ccccn5)c5ccccc5)s4)cc3)cc2)s1)c1ccccc1)c1ccccn1. The highest BCUT2D eigenvalue weighted by Crippen LogP contribution is 2.41. The van der Waals surface area contributed by atoms with E-state index < -0.39 is 17.9 Å². The summed E-state index contributed by atoms with van der Waals surface area (Å²) in [5.74, 6) is -1.41. The molecule has 0 bridgehead atoms. The molecule has 10 rings (SSSR count). The molecule has 13 heteroatoms. The van der Waals surface area contributed by atoms with E-state index in [4.69, 9.17) is 9.97 Å². The Kier molecular flexibility index (Phi) is 13.2. The zero-order chi connectivity index (χ0) is 46.4. The van der Waals surface area contributed by atoms with Gasteiger partial charge in [-0.25, -0.2) is 9.97 Å². The van der Waals surface area contributed by atoms with Crippen molar-refractivity contribution in [3.05, 3.63) is 203 Å². The Morgan fingerprint density at radius 2 is 1.00 bits per heavy atom. The van der Waals surface area contributed by atoms with Crippen LogP contribution in [-0.4, -0.2) is 66.3 Å². The molecule has 0 radical (unpaired) electrons. The molecule has 1 N–H and O–H groups in total. The second-order valence-corrected chi connectivity index (χ2v) is 19.1. The molecule has 0 aliphatic carbocycles. The molecular weight excluding hydrogens is 887 g/mol. The second kappa shape index (κ2) is 20.2. The fraction of sp³-hybridized carbons (Fsp3) is 0.200. The van der Waals surface area contributed by atoms with Gasteiger partial charge in [0, 0.05) is 44.3 Å². The van der Waals surface area contributed by atoms with Gasteiger partial charge in [-0.15, -0.1) is 22.7 Å². The van der Waals surface area contributed by atoms with E-state index in [0.29, 0.717) is 24.3 Å². The fourth-order valence-corrected chi connectivity index (χ4v) is 11.4. The van der Waals surface area contributed by atoms with Gasteiger partial charge in [-0.3, -0.25) is 29.1 Å². The van der Waals surface area contributed by atoms with Crippen molar-refractivity contribution in [3.63, 3.8) is 0 Å². The average Bonchev–Trinajstić information content (AvgIpc) is 4.26. The first-order chi connectivity index (χ1) is 33.4. The van der Waals surface area contributed by atoms with Crippen molar-refractivity contribution >= 4 is 46.2 Å². The monoisotopic (exact) mass is 933 g/mol. The van der Waals surface area contributed by atoms with Gasteiger partial charge in [-0.1, -0.05) is 121 Å². The summed E-state index contributed by atoms with van der Waals surface area (Å²) in [7, 11) is 0. The average molecular weight is 934 g/mol. The molecule has 68 heavy (non-hydrogen) atoms. The first kappa shape index (κ1) is 44.4. The first-order valence-corrected chi connectivity index (χ1v) is 24.5. The van der Waals surface area contributed by atoms with E-state index in [0.717, 1.165) is 73.3 Å². The number of rotatable bonds is 14. The standard InChI is InChI=1S/C55H47N7O4S2/c63-47(43-17-7-9-29-56-43)33-42(38-13-3-1-4-14-38)54(65)61-31-11-19-45(61)52-58-34-48(67-52)39-25-21-36(22-26-39)37-23-27-40(28-24-37)49-35-59-53(68-49)46-20-12-32-62(46)55(66)50(41-15-5-2-6-16-41)60-51(64)44-18-8-10-30-57-44/h1-10,13-18,21-30,34-35,42,45-46,50H,11-12,19-20,31-33H2,(H,60,64)/t42-,45-,46-,50+/m0/s1. The van der Waals surface area contributed by atoms with Crippen LogP contribution in [0.4, 0.5) is 0 Å². The maximum absolute atomic E-state index is 14.4. The van der Waals surface area contributed by atoms with Crippen LogP contribution in [0.5, 0.6) is 0 Å². The molecule has 338 valence electrons. The maximum Gasteiger partial charge on any atom is 0.270 e. The lowest BCUT2D eigenvalue weighted by molar-refractivity contribution is -0.134. The number of ketones is 1. The molecule has 0 unspecified atom stereocenters. The van der Waals surface area contributed by atoms with Gasteiger partial charge in [-0.2, -0.15) is 0 Å². The van der Waals surface area contributed by atoms with Crippen molar-refractivity contribution in [1.29, 1.82) is 0 Å². The van der Waals surface area contributed by atoms with E-state index in [1.807, 2.05) is 82.9 Å². The minimum atomic E-state index is -0.866. The van der Waals surface area contributed by atoms with Gasteiger partial charge in [-0.05, 0) is 83.3 Å². The summed E-state index contributed by atoms with van der Waals surface area (Å²) in [6.07, 6.45) is 10.3. The number of carbonyl (C=O) groups excluding carboxylic acids is 4. The van der Waals surface area contributed by atoms with Gasteiger partial charge >= 0.3 is 0 Å². The van der Waals surface area contributed by atoms with E-state index in [2.05, 4.69) is 63.8 Å². The van der Waals surface area contributed by atoms with Gasteiger partial charge in [0.15, 0.2) is 5.78 Å². The van der Waals surface area contributed by atoms with Crippen LogP contribution in [0, 0.1) is 0 Å². The number of nitrogens with one attached hydrogen (secondary N) is 1. The smallest absolute Gasteiger partial charge is 0.270 e. The normalized spacial score (nSPS) is 16.6. The predicted octanol–water partition coefficient (Wildman–Crippen LogP) is 10.9. The molecule has 8 aromatic rings. The summed E-state index contributed by atoms with van der Waals surface area (Å²) in [5.41, 5.74) is 6.40. The van der Waals surface area contributed by atoms with Crippen LogP contribution in [0.25, 0.3) is 32.0 Å². The maximum atomic E-state index is 14.4. The lowest BCUT2D eigenvalue weighted by atomic mass is 9.91. The quantitative estimate of drug-likeness (QED) is 0.106. The molecule has 4 atom stereocenters. The minimum absolute atomic E-state index is 0.0466. The van der Waals surface area contributed by atoms with Crippen LogP contribution in [0.3, 0.4) is 0 Å². The molecule has 0 saturated carbocycles. The number of likely N-dealkylation sites (tertiary alicyclic amines) is 2. The van der Waals surface area contributed by atoms with E-state index >= 15 is 0 Å². The fourth-order valence-electron chi connectivity index (χ4n) is 9.23. The minimum Gasteiger partial charge on any atom is -0.335 e. The van der Waals surface area contributed by atoms with Crippen LogP contribution in [0.1, 0.15) is 98.3 Å². The van der Waals surface area contributed by atoms with Crippen molar-refractivity contribution in [2.24, 2.45) is 0 Å². The lowest BCUT2D eigenvalue weighted by Crippen LogP contribution is -2.42. The molecule has 4 aromatic heterocycles. The number of amides is 3. The highest BCUT2D eigenvalue weighted by atomic mass is 32.1. The second-order valence-electron chi connectivity index (χ2n) is 17.0. The highest BCUT2D eigenvalue weighted by Gasteiger charge is 2.39. The summed E-state index contributed by atoms with van der Waals surface area (Å²) in [6, 6.07) is 45.0. The molecule has 6 heterocycles. The lowest BCUT2D eigenvalue weighted by Gasteiger charge is -2.28. The molecule has 2 saturated heterocycles. The van der Waals surface area contributed by atoms with Crippen LogP contribution in [0.15, 0.2) is 170 Å². The van der Waals surface area contributed by atoms with Crippen LogP contribution >= 0.6 is 22.7 Å². The van der Waals surface area contributed by atoms with Crippen molar-refractivity contribution in [2.45, 2.75) is 56.1 Å². The van der Waals surface area contributed by atoms with Crippen molar-refractivity contribution in [1.82, 2.24) is 35.1 Å². The number of Topliss-reactive ketones (excluding diaryl/α,β-unsaturated/α-hetero) is 1. The number of hydrogen-bond acceptors (Lipinski definition) is 10. The number of pyridine rings is 2. The highest BCUT2D eigenvalue weighted by molar-refractivity contribution is 7.15. The Hall–Kier alpha value is -7.48. The molecular formula is C55H47N7O4S2. The van der Waals surface area contributed by atoms with Crippen molar-refractivity contribution in [2.75, 3.05) is 13.1 Å². The number of hydrogen-bond donors (Lipinski definition) is 1. The predicted molar refractivity (Wildman–Crippen MR) is 265 cm³/mol. The molecule has 4 aromatic carbocycles. The Labute approximate surface area is 402 Å². The molecule has 0 spiro atoms. The van der Waals surface area contributed by atoms with Crippen LogP contribution in [-0.2, 0) is 9.59 Å². The van der Waals surface area contributed by atoms with Gasteiger partial charge in [0.1, 0.15) is 27.4 Å². The molecule has 2 fully saturated rings. The van der Waals surface area contributed by atoms with E-state index in [1.54, 1.807) is 71.5 Å². The summed E-state index contributed by atoms with van der Waals surface area (Å²) in [5, 5.41) is 4.73. The Balaban J connectivity index is 0.800. The van der Waals surface area contributed by atoms with Crippen molar-refractivity contribution < 1.29 is 19.2 Å². The molecule has 11 nitrogen and oxygen atoms in total. The van der Waals surface area contributed by atoms with Crippen molar-refractivity contribution in [3.8, 4) is 32.0 Å².